The molecule has 0 aliphatic heterocycles. The summed E-state index contributed by atoms with van der Waals surface area (Å²) in [6, 6.07) is 0.424. The van der Waals surface area contributed by atoms with Crippen LogP contribution in [0.5, 0.6) is 0 Å². The lowest BCUT2D eigenvalue weighted by Gasteiger charge is -2.31. The zero-order chi connectivity index (χ0) is 12.1. The van der Waals surface area contributed by atoms with Crippen molar-refractivity contribution in [3.63, 3.8) is 0 Å². The van der Waals surface area contributed by atoms with E-state index in [-0.39, 0.29) is 11.8 Å². The highest BCUT2D eigenvalue weighted by Crippen LogP contribution is 2.24. The average Bonchev–Trinajstić information content (AvgIpc) is 2.20. The molecule has 0 radical (unpaired) electrons. The van der Waals surface area contributed by atoms with Gasteiger partial charge in [-0.3, -0.25) is 4.79 Å². The van der Waals surface area contributed by atoms with Gasteiger partial charge in [0.15, 0.2) is 0 Å². The predicted octanol–water partition coefficient (Wildman–Crippen LogP) is 1.88. The number of rotatable bonds is 4. The molecular formula is C13H26N2O. The van der Waals surface area contributed by atoms with Crippen LogP contribution in [0.2, 0.25) is 0 Å². The summed E-state index contributed by atoms with van der Waals surface area (Å²) in [5.41, 5.74) is 0. The molecule has 0 atom stereocenters. The largest absolute Gasteiger partial charge is 0.353 e. The van der Waals surface area contributed by atoms with Gasteiger partial charge in [-0.2, -0.15) is 0 Å². The van der Waals surface area contributed by atoms with E-state index >= 15 is 0 Å². The van der Waals surface area contributed by atoms with Crippen molar-refractivity contribution in [3.8, 4) is 0 Å². The minimum absolute atomic E-state index is 0.111. The SMILES string of the molecule is CC(C)C(=O)NC1CCC(CN(C)C)CC1. The van der Waals surface area contributed by atoms with Crippen LogP contribution in [0.25, 0.3) is 0 Å². The molecule has 16 heavy (non-hydrogen) atoms. The number of hydrogen-bond donors (Lipinski definition) is 1. The Labute approximate surface area is 99.6 Å². The van der Waals surface area contributed by atoms with Crippen LogP contribution in [0, 0.1) is 11.8 Å². The third kappa shape index (κ3) is 4.52. The topological polar surface area (TPSA) is 32.3 Å². The molecule has 0 aromatic carbocycles. The zero-order valence-corrected chi connectivity index (χ0v) is 11.1. The first-order chi connectivity index (χ1) is 7.49. The van der Waals surface area contributed by atoms with Gasteiger partial charge in [-0.25, -0.2) is 0 Å². The van der Waals surface area contributed by atoms with Gasteiger partial charge in [-0.05, 0) is 45.7 Å². The second-order valence-electron chi connectivity index (χ2n) is 5.64. The monoisotopic (exact) mass is 226 g/mol. The lowest BCUT2D eigenvalue weighted by Crippen LogP contribution is -2.40. The molecule has 1 aliphatic carbocycles. The summed E-state index contributed by atoms with van der Waals surface area (Å²) < 4.78 is 0. The Morgan fingerprint density at radius 1 is 1.25 bits per heavy atom. The van der Waals surface area contributed by atoms with Gasteiger partial charge in [0.1, 0.15) is 0 Å². The van der Waals surface area contributed by atoms with Gasteiger partial charge in [0, 0.05) is 18.5 Å². The number of carbonyl (C=O) groups excluding carboxylic acids is 1. The Bertz CT molecular complexity index is 218. The fourth-order valence-electron chi connectivity index (χ4n) is 2.37. The average molecular weight is 226 g/mol. The van der Waals surface area contributed by atoms with Crippen molar-refractivity contribution in [2.24, 2.45) is 11.8 Å². The van der Waals surface area contributed by atoms with Gasteiger partial charge < -0.3 is 10.2 Å². The maximum absolute atomic E-state index is 11.6. The highest BCUT2D eigenvalue weighted by atomic mass is 16.1. The first-order valence-corrected chi connectivity index (χ1v) is 6.44. The maximum Gasteiger partial charge on any atom is 0.222 e. The van der Waals surface area contributed by atoms with E-state index in [1.165, 1.54) is 19.4 Å². The molecule has 3 heteroatoms. The molecule has 1 N–H and O–H groups in total. The minimum atomic E-state index is 0.111. The molecule has 0 aromatic rings. The summed E-state index contributed by atoms with van der Waals surface area (Å²) in [5.74, 6) is 1.14. The Kier molecular flexibility index (Phi) is 5.26. The van der Waals surface area contributed by atoms with Gasteiger partial charge in [-0.1, -0.05) is 13.8 Å². The molecule has 1 aliphatic rings. The number of nitrogens with zero attached hydrogens (tertiary/aromatic N) is 1. The number of carbonyl (C=O) groups is 1. The molecule has 0 bridgehead atoms. The van der Waals surface area contributed by atoms with E-state index in [2.05, 4.69) is 24.3 Å². The lowest BCUT2D eigenvalue weighted by atomic mass is 9.85. The van der Waals surface area contributed by atoms with Gasteiger partial charge in [0.25, 0.3) is 0 Å². The second kappa shape index (κ2) is 6.24. The van der Waals surface area contributed by atoms with Crippen molar-refractivity contribution in [2.45, 2.75) is 45.6 Å². The van der Waals surface area contributed by atoms with Crippen LogP contribution in [-0.2, 0) is 4.79 Å². The maximum atomic E-state index is 11.6. The van der Waals surface area contributed by atoms with Crippen molar-refractivity contribution in [1.82, 2.24) is 10.2 Å². The summed E-state index contributed by atoms with van der Waals surface area (Å²) in [6.07, 6.45) is 4.80. The summed E-state index contributed by atoms with van der Waals surface area (Å²) in [5, 5.41) is 3.14. The Morgan fingerprint density at radius 3 is 2.25 bits per heavy atom. The fraction of sp³-hybridized carbons (Fsp3) is 0.923. The van der Waals surface area contributed by atoms with E-state index in [1.807, 2.05) is 13.8 Å². The highest BCUT2D eigenvalue weighted by Gasteiger charge is 2.23. The normalized spacial score (nSPS) is 26.1. The predicted molar refractivity (Wildman–Crippen MR) is 67.3 cm³/mol. The number of nitrogens with one attached hydrogen (secondary N) is 1. The molecule has 1 fully saturated rings. The Balaban J connectivity index is 2.24. The lowest BCUT2D eigenvalue weighted by molar-refractivity contribution is -0.125. The first-order valence-electron chi connectivity index (χ1n) is 6.44. The van der Waals surface area contributed by atoms with Crippen LogP contribution in [0.4, 0.5) is 0 Å². The van der Waals surface area contributed by atoms with E-state index in [9.17, 15) is 4.79 Å². The summed E-state index contributed by atoms with van der Waals surface area (Å²) >= 11 is 0. The third-order valence-corrected chi connectivity index (χ3v) is 3.34. The van der Waals surface area contributed by atoms with E-state index in [1.54, 1.807) is 0 Å². The summed E-state index contributed by atoms with van der Waals surface area (Å²) in [7, 11) is 4.26. The van der Waals surface area contributed by atoms with Crippen LogP contribution in [0.3, 0.4) is 0 Å². The summed E-state index contributed by atoms with van der Waals surface area (Å²) in [6.45, 7) is 5.09. The quantitative estimate of drug-likeness (QED) is 0.794. The van der Waals surface area contributed by atoms with Crippen LogP contribution in [0.1, 0.15) is 39.5 Å². The number of amides is 1. The van der Waals surface area contributed by atoms with Crippen LogP contribution >= 0.6 is 0 Å². The third-order valence-electron chi connectivity index (χ3n) is 3.34. The molecular weight excluding hydrogens is 200 g/mol. The smallest absolute Gasteiger partial charge is 0.222 e. The molecule has 0 saturated heterocycles. The molecule has 94 valence electrons. The van der Waals surface area contributed by atoms with Crippen LogP contribution in [0.15, 0.2) is 0 Å². The molecule has 0 aromatic heterocycles. The van der Waals surface area contributed by atoms with Crippen molar-refractivity contribution in [3.05, 3.63) is 0 Å². The number of hydrogen-bond acceptors (Lipinski definition) is 2. The van der Waals surface area contributed by atoms with Gasteiger partial charge in [0.05, 0.1) is 0 Å². The Morgan fingerprint density at radius 2 is 1.81 bits per heavy atom. The molecule has 0 spiro atoms. The van der Waals surface area contributed by atoms with Crippen LogP contribution < -0.4 is 5.32 Å². The standard InChI is InChI=1S/C13H26N2O/c1-10(2)13(16)14-12-7-5-11(6-8-12)9-15(3)4/h10-12H,5-9H2,1-4H3,(H,14,16). The van der Waals surface area contributed by atoms with Crippen molar-refractivity contribution < 1.29 is 4.79 Å². The zero-order valence-electron chi connectivity index (χ0n) is 11.1. The fourth-order valence-corrected chi connectivity index (χ4v) is 2.37. The molecule has 1 amide bonds. The van der Waals surface area contributed by atoms with E-state index in [0.29, 0.717) is 6.04 Å². The van der Waals surface area contributed by atoms with Gasteiger partial charge in [0.2, 0.25) is 5.91 Å². The summed E-state index contributed by atoms with van der Waals surface area (Å²) in [4.78, 5) is 13.8. The molecule has 0 heterocycles. The van der Waals surface area contributed by atoms with E-state index in [0.717, 1.165) is 18.8 Å². The van der Waals surface area contributed by atoms with Crippen molar-refractivity contribution in [2.75, 3.05) is 20.6 Å². The van der Waals surface area contributed by atoms with E-state index < -0.39 is 0 Å². The molecule has 3 nitrogen and oxygen atoms in total. The highest BCUT2D eigenvalue weighted by molar-refractivity contribution is 5.78. The minimum Gasteiger partial charge on any atom is -0.353 e. The first kappa shape index (κ1) is 13.5. The van der Waals surface area contributed by atoms with Crippen LogP contribution in [-0.4, -0.2) is 37.5 Å². The molecule has 0 unspecified atom stereocenters. The Hall–Kier alpha value is -0.570. The van der Waals surface area contributed by atoms with Crippen molar-refractivity contribution >= 4 is 5.91 Å². The van der Waals surface area contributed by atoms with Gasteiger partial charge in [-0.15, -0.1) is 0 Å². The van der Waals surface area contributed by atoms with E-state index in [4.69, 9.17) is 0 Å². The van der Waals surface area contributed by atoms with Gasteiger partial charge >= 0.3 is 0 Å². The molecule has 1 rings (SSSR count). The van der Waals surface area contributed by atoms with Crippen molar-refractivity contribution in [1.29, 1.82) is 0 Å². The molecule has 1 saturated carbocycles. The second-order valence-corrected chi connectivity index (χ2v) is 5.64.